The molecule has 0 atom stereocenters. The van der Waals surface area contributed by atoms with Crippen molar-refractivity contribution in [2.45, 2.75) is 20.8 Å². The standard InChI is InChI=1S/C11H7FO2.C2H6/c1-6-4-10(13)9-5-7(12)2-3-8(9)11(6)14;1-2/h2-5H,1H3;1-2H3. The van der Waals surface area contributed by atoms with Crippen LogP contribution in [0.5, 0.6) is 0 Å². The SMILES string of the molecule is CC.CC1=CC(=O)c2cc(F)ccc2C1=O. The van der Waals surface area contributed by atoms with Crippen LogP contribution in [0.4, 0.5) is 4.39 Å². The lowest BCUT2D eigenvalue weighted by atomic mass is 9.90. The maximum atomic E-state index is 12.8. The first kappa shape index (κ1) is 12.3. The molecule has 0 saturated carbocycles. The highest BCUT2D eigenvalue weighted by Gasteiger charge is 2.22. The van der Waals surface area contributed by atoms with Gasteiger partial charge in [0.05, 0.1) is 0 Å². The number of rotatable bonds is 0. The van der Waals surface area contributed by atoms with E-state index in [2.05, 4.69) is 0 Å². The first-order valence-corrected chi connectivity index (χ1v) is 5.16. The topological polar surface area (TPSA) is 34.1 Å². The summed E-state index contributed by atoms with van der Waals surface area (Å²) in [5.74, 6) is -1.02. The second-order valence-electron chi connectivity index (χ2n) is 3.21. The normalized spacial score (nSPS) is 13.6. The Morgan fingerprint density at radius 3 is 2.31 bits per heavy atom. The van der Waals surface area contributed by atoms with E-state index in [-0.39, 0.29) is 22.7 Å². The summed E-state index contributed by atoms with van der Waals surface area (Å²) in [6.07, 6.45) is 1.24. The van der Waals surface area contributed by atoms with E-state index in [1.807, 2.05) is 13.8 Å². The smallest absolute Gasteiger partial charge is 0.189 e. The molecule has 0 N–H and O–H groups in total. The predicted octanol–water partition coefficient (Wildman–Crippen LogP) is 3.18. The van der Waals surface area contributed by atoms with Gasteiger partial charge in [-0.1, -0.05) is 13.8 Å². The summed E-state index contributed by atoms with van der Waals surface area (Å²) >= 11 is 0. The van der Waals surface area contributed by atoms with Crippen LogP contribution in [-0.2, 0) is 0 Å². The molecule has 0 bridgehead atoms. The molecule has 1 aliphatic carbocycles. The quantitative estimate of drug-likeness (QED) is 0.673. The lowest BCUT2D eigenvalue weighted by Crippen LogP contribution is -2.15. The van der Waals surface area contributed by atoms with E-state index in [1.165, 1.54) is 18.2 Å². The van der Waals surface area contributed by atoms with Gasteiger partial charge in [-0.2, -0.15) is 0 Å². The van der Waals surface area contributed by atoms with Crippen LogP contribution in [0.2, 0.25) is 0 Å². The lowest BCUT2D eigenvalue weighted by molar-refractivity contribution is 0.0984. The number of halogens is 1. The van der Waals surface area contributed by atoms with Gasteiger partial charge in [0, 0.05) is 16.7 Å². The summed E-state index contributed by atoms with van der Waals surface area (Å²) in [5, 5.41) is 0. The van der Waals surface area contributed by atoms with Crippen LogP contribution in [0.3, 0.4) is 0 Å². The third kappa shape index (κ3) is 2.08. The number of carbonyl (C=O) groups is 2. The zero-order valence-electron chi connectivity index (χ0n) is 9.50. The molecule has 0 unspecified atom stereocenters. The van der Waals surface area contributed by atoms with Crippen molar-refractivity contribution >= 4 is 11.6 Å². The molecule has 1 aromatic rings. The highest BCUT2D eigenvalue weighted by molar-refractivity contribution is 6.24. The zero-order chi connectivity index (χ0) is 12.3. The summed E-state index contributed by atoms with van der Waals surface area (Å²) in [7, 11) is 0. The van der Waals surface area contributed by atoms with Crippen LogP contribution in [0.1, 0.15) is 41.5 Å². The van der Waals surface area contributed by atoms with Crippen LogP contribution in [-0.4, -0.2) is 11.6 Å². The molecule has 1 aliphatic rings. The Balaban J connectivity index is 0.000000606. The largest absolute Gasteiger partial charge is 0.289 e. The van der Waals surface area contributed by atoms with Crippen LogP contribution >= 0.6 is 0 Å². The van der Waals surface area contributed by atoms with Crippen molar-refractivity contribution in [2.75, 3.05) is 0 Å². The molecule has 0 saturated heterocycles. The van der Waals surface area contributed by atoms with Crippen molar-refractivity contribution in [3.05, 3.63) is 46.8 Å². The molecule has 0 radical (unpaired) electrons. The van der Waals surface area contributed by atoms with E-state index in [0.29, 0.717) is 5.57 Å². The van der Waals surface area contributed by atoms with Crippen molar-refractivity contribution < 1.29 is 14.0 Å². The predicted molar refractivity (Wildman–Crippen MR) is 60.2 cm³/mol. The van der Waals surface area contributed by atoms with Gasteiger partial charge in [-0.05, 0) is 31.2 Å². The molecule has 0 fully saturated rings. The van der Waals surface area contributed by atoms with Crippen molar-refractivity contribution in [1.29, 1.82) is 0 Å². The molecule has 0 aromatic heterocycles. The van der Waals surface area contributed by atoms with Crippen LogP contribution in [0.25, 0.3) is 0 Å². The molecule has 16 heavy (non-hydrogen) atoms. The Labute approximate surface area is 93.8 Å². The van der Waals surface area contributed by atoms with Gasteiger partial charge >= 0.3 is 0 Å². The molecule has 1 aromatic carbocycles. The first-order valence-electron chi connectivity index (χ1n) is 5.16. The summed E-state index contributed by atoms with van der Waals surface area (Å²) in [6.45, 7) is 5.58. The molecule has 3 heteroatoms. The number of hydrogen-bond acceptors (Lipinski definition) is 2. The fourth-order valence-electron chi connectivity index (χ4n) is 1.47. The molecular formula is C13H13FO2. The number of carbonyl (C=O) groups excluding carboxylic acids is 2. The number of benzene rings is 1. The Hall–Kier alpha value is -1.77. The summed E-state index contributed by atoms with van der Waals surface area (Å²) in [5.41, 5.74) is 0.839. The Morgan fingerprint density at radius 1 is 1.06 bits per heavy atom. The van der Waals surface area contributed by atoms with Crippen molar-refractivity contribution in [2.24, 2.45) is 0 Å². The minimum atomic E-state index is -0.502. The highest BCUT2D eigenvalue weighted by Crippen LogP contribution is 2.21. The molecule has 0 amide bonds. The second kappa shape index (κ2) is 4.84. The van der Waals surface area contributed by atoms with Gasteiger partial charge in [-0.3, -0.25) is 9.59 Å². The van der Waals surface area contributed by atoms with E-state index in [9.17, 15) is 14.0 Å². The number of hydrogen-bond donors (Lipinski definition) is 0. The summed E-state index contributed by atoms with van der Waals surface area (Å²) < 4.78 is 12.8. The lowest BCUT2D eigenvalue weighted by Gasteiger charge is -2.11. The van der Waals surface area contributed by atoms with E-state index in [1.54, 1.807) is 6.92 Å². The fraction of sp³-hybridized carbons (Fsp3) is 0.231. The third-order valence-electron chi connectivity index (χ3n) is 2.20. The summed E-state index contributed by atoms with van der Waals surface area (Å²) in [4.78, 5) is 22.9. The van der Waals surface area contributed by atoms with Crippen LogP contribution in [0.15, 0.2) is 29.8 Å². The van der Waals surface area contributed by atoms with Crippen molar-refractivity contribution in [1.82, 2.24) is 0 Å². The maximum absolute atomic E-state index is 12.8. The average Bonchev–Trinajstić information content (AvgIpc) is 2.29. The van der Waals surface area contributed by atoms with E-state index < -0.39 is 5.82 Å². The second-order valence-corrected chi connectivity index (χ2v) is 3.21. The molecular weight excluding hydrogens is 207 g/mol. The minimum absolute atomic E-state index is 0.153. The molecule has 0 spiro atoms. The average molecular weight is 220 g/mol. The van der Waals surface area contributed by atoms with E-state index in [0.717, 1.165) is 6.07 Å². The van der Waals surface area contributed by atoms with Crippen LogP contribution < -0.4 is 0 Å². The number of allylic oxidation sites excluding steroid dienone is 2. The van der Waals surface area contributed by atoms with Gasteiger partial charge in [0.25, 0.3) is 0 Å². The molecule has 0 heterocycles. The zero-order valence-corrected chi connectivity index (χ0v) is 9.50. The van der Waals surface area contributed by atoms with E-state index in [4.69, 9.17) is 0 Å². The maximum Gasteiger partial charge on any atom is 0.189 e. The van der Waals surface area contributed by atoms with E-state index >= 15 is 0 Å². The van der Waals surface area contributed by atoms with Gasteiger partial charge in [-0.25, -0.2) is 4.39 Å². The number of Topliss-reactive ketones (excluding diaryl/α,β-unsaturated/α-hetero) is 1. The molecule has 0 aliphatic heterocycles. The van der Waals surface area contributed by atoms with Crippen LogP contribution in [0, 0.1) is 5.82 Å². The molecule has 2 nitrogen and oxygen atoms in total. The Kier molecular flexibility index (Phi) is 3.72. The molecule has 84 valence electrons. The van der Waals surface area contributed by atoms with Crippen molar-refractivity contribution in [3.8, 4) is 0 Å². The minimum Gasteiger partial charge on any atom is -0.289 e. The fourth-order valence-corrected chi connectivity index (χ4v) is 1.47. The third-order valence-corrected chi connectivity index (χ3v) is 2.20. The first-order chi connectivity index (χ1) is 7.59. The van der Waals surface area contributed by atoms with Gasteiger partial charge in [0.2, 0.25) is 0 Å². The van der Waals surface area contributed by atoms with Gasteiger partial charge in [0.1, 0.15) is 5.82 Å². The van der Waals surface area contributed by atoms with Crippen molar-refractivity contribution in [3.63, 3.8) is 0 Å². The monoisotopic (exact) mass is 220 g/mol. The van der Waals surface area contributed by atoms with Gasteiger partial charge in [-0.15, -0.1) is 0 Å². The Morgan fingerprint density at radius 2 is 1.69 bits per heavy atom. The number of fused-ring (bicyclic) bond motifs is 1. The Bertz CT molecular complexity index is 473. The highest BCUT2D eigenvalue weighted by atomic mass is 19.1. The number of ketones is 2. The summed E-state index contributed by atoms with van der Waals surface area (Å²) in [6, 6.07) is 3.63. The van der Waals surface area contributed by atoms with Gasteiger partial charge < -0.3 is 0 Å². The molecule has 2 rings (SSSR count). The van der Waals surface area contributed by atoms with Gasteiger partial charge in [0.15, 0.2) is 11.6 Å².